The Bertz CT molecular complexity index is 823. The number of nitrogens with zero attached hydrogens (tertiary/aromatic N) is 4. The number of benzene rings is 1. The molecule has 4 heteroatoms. The third kappa shape index (κ3) is 4.50. The first-order valence-electron chi connectivity index (χ1n) is 10.6. The van der Waals surface area contributed by atoms with Crippen LogP contribution in [0, 0.1) is 0 Å². The molecule has 0 aliphatic carbocycles. The Morgan fingerprint density at radius 2 is 1.89 bits per heavy atom. The van der Waals surface area contributed by atoms with Crippen molar-refractivity contribution >= 4 is 17.5 Å². The molecule has 2 aliphatic rings. The predicted molar refractivity (Wildman–Crippen MR) is 118 cm³/mol. The second-order valence-corrected chi connectivity index (χ2v) is 7.61. The summed E-state index contributed by atoms with van der Waals surface area (Å²) >= 11 is 0. The molecule has 1 aromatic carbocycles. The van der Waals surface area contributed by atoms with Crippen molar-refractivity contribution in [3.63, 3.8) is 0 Å². The fourth-order valence-corrected chi connectivity index (χ4v) is 4.13. The lowest BCUT2D eigenvalue weighted by atomic mass is 9.95. The topological polar surface area (TPSA) is 31.7 Å². The molecule has 0 amide bonds. The Morgan fingerprint density at radius 1 is 1.00 bits per heavy atom. The quantitative estimate of drug-likeness (QED) is 0.800. The maximum Gasteiger partial charge on any atom is 0.0694 e. The van der Waals surface area contributed by atoms with Crippen LogP contribution in [0.3, 0.4) is 0 Å². The number of hydrogen-bond donors (Lipinski definition) is 0. The summed E-state index contributed by atoms with van der Waals surface area (Å²) in [7, 11) is 0. The van der Waals surface area contributed by atoms with Crippen LogP contribution < -0.4 is 4.90 Å². The molecule has 0 atom stereocenters. The van der Waals surface area contributed by atoms with Gasteiger partial charge in [-0.25, -0.2) is 0 Å². The van der Waals surface area contributed by atoms with Gasteiger partial charge < -0.3 is 9.80 Å². The highest BCUT2D eigenvalue weighted by Crippen LogP contribution is 2.24. The van der Waals surface area contributed by atoms with Gasteiger partial charge in [0.1, 0.15) is 0 Å². The van der Waals surface area contributed by atoms with Crippen LogP contribution in [-0.2, 0) is 0 Å². The third-order valence-corrected chi connectivity index (χ3v) is 5.75. The molecule has 0 spiro atoms. The van der Waals surface area contributed by atoms with E-state index in [1.807, 2.05) is 18.5 Å². The molecule has 0 unspecified atom stereocenters. The molecule has 1 fully saturated rings. The third-order valence-electron chi connectivity index (χ3n) is 5.75. The summed E-state index contributed by atoms with van der Waals surface area (Å²) in [6.07, 6.45) is 9.47. The number of anilines is 1. The van der Waals surface area contributed by atoms with E-state index in [2.05, 4.69) is 58.1 Å². The van der Waals surface area contributed by atoms with Gasteiger partial charge in [0.25, 0.3) is 0 Å². The number of aliphatic imine (C=N–C) groups is 1. The molecule has 0 bridgehead atoms. The highest BCUT2D eigenvalue weighted by molar-refractivity contribution is 6.15. The average Bonchev–Trinajstić information content (AvgIpc) is 3.01. The number of aromatic nitrogens is 1. The maximum atomic E-state index is 4.79. The molecule has 1 saturated heterocycles. The van der Waals surface area contributed by atoms with E-state index in [0.29, 0.717) is 0 Å². The largest absolute Gasteiger partial charge is 0.370 e. The Kier molecular flexibility index (Phi) is 6.17. The summed E-state index contributed by atoms with van der Waals surface area (Å²) in [5, 5.41) is 0. The van der Waals surface area contributed by atoms with Crippen LogP contribution in [0.15, 0.2) is 59.4 Å². The van der Waals surface area contributed by atoms with E-state index in [9.17, 15) is 0 Å². The first-order valence-corrected chi connectivity index (χ1v) is 10.6. The standard InChI is InChI=1S/C24H30N4/c1-2-27-14-5-15-28(17-16-27)23-10-8-20(9-11-23)18-21-6-4-13-26-24(21)22-7-3-12-25-19-22/h3,7-12,18-19H,2,4-6,13-17H2,1H3. The Hall–Kier alpha value is -2.46. The molecule has 2 aromatic rings. The fourth-order valence-electron chi connectivity index (χ4n) is 4.13. The first-order chi connectivity index (χ1) is 13.8. The monoisotopic (exact) mass is 374 g/mol. The van der Waals surface area contributed by atoms with E-state index >= 15 is 0 Å². The molecular weight excluding hydrogens is 344 g/mol. The van der Waals surface area contributed by atoms with Crippen LogP contribution in [0.4, 0.5) is 5.69 Å². The first kappa shape index (κ1) is 18.9. The number of allylic oxidation sites excluding steroid dienone is 1. The maximum absolute atomic E-state index is 4.79. The minimum atomic E-state index is 0.907. The lowest BCUT2D eigenvalue weighted by molar-refractivity contribution is 0.310. The van der Waals surface area contributed by atoms with Crippen LogP contribution in [0.25, 0.3) is 6.08 Å². The van der Waals surface area contributed by atoms with Crippen molar-refractivity contribution in [3.8, 4) is 0 Å². The minimum absolute atomic E-state index is 0.907. The highest BCUT2D eigenvalue weighted by Gasteiger charge is 2.15. The molecule has 0 N–H and O–H groups in total. The highest BCUT2D eigenvalue weighted by atomic mass is 15.2. The smallest absolute Gasteiger partial charge is 0.0694 e. The molecule has 0 saturated carbocycles. The van der Waals surface area contributed by atoms with Gasteiger partial charge in [0.05, 0.1) is 5.71 Å². The molecule has 2 aliphatic heterocycles. The van der Waals surface area contributed by atoms with Crippen molar-refractivity contribution in [2.75, 3.05) is 44.2 Å². The lowest BCUT2D eigenvalue weighted by Gasteiger charge is -2.23. The summed E-state index contributed by atoms with van der Waals surface area (Å²) in [4.78, 5) is 14.1. The van der Waals surface area contributed by atoms with Gasteiger partial charge in [0.15, 0.2) is 0 Å². The molecule has 4 nitrogen and oxygen atoms in total. The Labute approximate surface area is 168 Å². The average molecular weight is 375 g/mol. The van der Waals surface area contributed by atoms with E-state index < -0.39 is 0 Å². The molecule has 4 rings (SSSR count). The number of pyridine rings is 1. The van der Waals surface area contributed by atoms with Crippen molar-refractivity contribution in [2.45, 2.75) is 26.2 Å². The second-order valence-electron chi connectivity index (χ2n) is 7.61. The van der Waals surface area contributed by atoms with E-state index in [4.69, 9.17) is 4.99 Å². The summed E-state index contributed by atoms with van der Waals surface area (Å²) in [6, 6.07) is 13.1. The molecule has 0 radical (unpaired) electrons. The molecule has 146 valence electrons. The summed E-state index contributed by atoms with van der Waals surface area (Å²) in [5.74, 6) is 0. The van der Waals surface area contributed by atoms with Gasteiger partial charge in [-0.05, 0) is 73.8 Å². The minimum Gasteiger partial charge on any atom is -0.370 e. The van der Waals surface area contributed by atoms with Crippen molar-refractivity contribution in [1.82, 2.24) is 9.88 Å². The van der Waals surface area contributed by atoms with Gasteiger partial charge in [-0.2, -0.15) is 0 Å². The fraction of sp³-hybridized carbons (Fsp3) is 0.417. The van der Waals surface area contributed by atoms with Gasteiger partial charge >= 0.3 is 0 Å². The van der Waals surface area contributed by atoms with Crippen LogP contribution in [0.5, 0.6) is 0 Å². The van der Waals surface area contributed by atoms with E-state index in [1.165, 1.54) is 29.8 Å². The normalized spacial score (nSPS) is 20.1. The molecule has 1 aromatic heterocycles. The second kappa shape index (κ2) is 9.16. The van der Waals surface area contributed by atoms with Gasteiger partial charge in [-0.3, -0.25) is 9.98 Å². The SMILES string of the molecule is CCN1CCCN(c2ccc(C=C3CCCN=C3c3cccnc3)cc2)CC1. The predicted octanol–water partition coefficient (Wildman–Crippen LogP) is 4.28. The molecule has 28 heavy (non-hydrogen) atoms. The summed E-state index contributed by atoms with van der Waals surface area (Å²) in [5.41, 5.74) is 6.14. The van der Waals surface area contributed by atoms with Crippen molar-refractivity contribution in [1.29, 1.82) is 0 Å². The van der Waals surface area contributed by atoms with Crippen molar-refractivity contribution in [2.24, 2.45) is 4.99 Å². The zero-order chi connectivity index (χ0) is 19.2. The van der Waals surface area contributed by atoms with Gasteiger partial charge in [-0.15, -0.1) is 0 Å². The van der Waals surface area contributed by atoms with Crippen LogP contribution in [0.2, 0.25) is 0 Å². The van der Waals surface area contributed by atoms with Gasteiger partial charge in [-0.1, -0.05) is 19.1 Å². The van der Waals surface area contributed by atoms with Crippen LogP contribution in [0.1, 0.15) is 37.3 Å². The summed E-state index contributed by atoms with van der Waals surface area (Å²) in [6.45, 7) is 8.96. The number of likely N-dealkylation sites (N-methyl/N-ethyl adjacent to an activating group) is 1. The van der Waals surface area contributed by atoms with Gasteiger partial charge in [0, 0.05) is 49.8 Å². The van der Waals surface area contributed by atoms with Crippen molar-refractivity contribution < 1.29 is 0 Å². The van der Waals surface area contributed by atoms with Crippen LogP contribution >= 0.6 is 0 Å². The van der Waals surface area contributed by atoms with Crippen LogP contribution in [-0.4, -0.2) is 54.9 Å². The zero-order valence-corrected chi connectivity index (χ0v) is 16.8. The van der Waals surface area contributed by atoms with E-state index in [0.717, 1.165) is 56.8 Å². The summed E-state index contributed by atoms with van der Waals surface area (Å²) < 4.78 is 0. The Morgan fingerprint density at radius 3 is 2.68 bits per heavy atom. The number of hydrogen-bond acceptors (Lipinski definition) is 4. The van der Waals surface area contributed by atoms with E-state index in [-0.39, 0.29) is 0 Å². The zero-order valence-electron chi connectivity index (χ0n) is 16.8. The molecular formula is C24H30N4. The number of rotatable bonds is 4. The van der Waals surface area contributed by atoms with Gasteiger partial charge in [0.2, 0.25) is 0 Å². The molecule has 3 heterocycles. The Balaban J connectivity index is 1.50. The van der Waals surface area contributed by atoms with E-state index in [1.54, 1.807) is 0 Å². The van der Waals surface area contributed by atoms with Crippen molar-refractivity contribution in [3.05, 3.63) is 65.5 Å². The lowest BCUT2D eigenvalue weighted by Crippen LogP contribution is -2.30.